The lowest BCUT2D eigenvalue weighted by molar-refractivity contribution is 0.206. The number of rotatable bonds is 7. The Morgan fingerprint density at radius 1 is 1.13 bits per heavy atom. The number of phenolic OH excluding ortho intramolecular Hbond substituents is 1. The van der Waals surface area contributed by atoms with E-state index in [1.807, 2.05) is 0 Å². The number of hydrogen-bond donors (Lipinski definition) is 1. The van der Waals surface area contributed by atoms with Crippen LogP contribution < -0.4 is 4.74 Å². The number of sulfonamides is 1. The Balaban J connectivity index is 1.34. The number of phenols is 1. The third-order valence-corrected chi connectivity index (χ3v) is 8.87. The second-order valence-electron chi connectivity index (χ2n) is 8.16. The first-order chi connectivity index (χ1) is 14.4. The summed E-state index contributed by atoms with van der Waals surface area (Å²) in [6.07, 6.45) is 5.66. The molecule has 6 nitrogen and oxygen atoms in total. The molecule has 4 rings (SSSR count). The lowest BCUT2D eigenvalue weighted by Crippen LogP contribution is -2.35. The number of thiophene rings is 1. The van der Waals surface area contributed by atoms with Crippen molar-refractivity contribution >= 4 is 21.4 Å². The molecule has 30 heavy (non-hydrogen) atoms. The van der Waals surface area contributed by atoms with Crippen molar-refractivity contribution in [2.75, 3.05) is 32.8 Å². The van der Waals surface area contributed by atoms with Gasteiger partial charge in [-0.25, -0.2) is 8.42 Å². The van der Waals surface area contributed by atoms with E-state index in [1.165, 1.54) is 48.3 Å². The van der Waals surface area contributed by atoms with Gasteiger partial charge in [0.05, 0.1) is 11.5 Å². The van der Waals surface area contributed by atoms with Gasteiger partial charge >= 0.3 is 0 Å². The zero-order chi connectivity index (χ0) is 21.1. The van der Waals surface area contributed by atoms with Gasteiger partial charge in [-0.2, -0.15) is 4.31 Å². The molecule has 1 aromatic heterocycles. The highest BCUT2D eigenvalue weighted by Crippen LogP contribution is 2.35. The van der Waals surface area contributed by atoms with Gasteiger partial charge in [-0.3, -0.25) is 0 Å². The van der Waals surface area contributed by atoms with E-state index >= 15 is 0 Å². The van der Waals surface area contributed by atoms with Gasteiger partial charge in [0.1, 0.15) is 5.75 Å². The molecular weight excluding hydrogens is 420 g/mol. The molecule has 2 aromatic rings. The topological polar surface area (TPSA) is 70.1 Å². The highest BCUT2D eigenvalue weighted by molar-refractivity contribution is 7.89. The number of aromatic hydroxyl groups is 1. The summed E-state index contributed by atoms with van der Waals surface area (Å²) in [6, 6.07) is 6.61. The molecule has 0 spiro atoms. The molecule has 1 N–H and O–H groups in total. The number of piperidine rings is 1. The Labute approximate surface area is 183 Å². The average Bonchev–Trinajstić information content (AvgIpc) is 3.16. The highest BCUT2D eigenvalue weighted by Gasteiger charge is 2.30. The monoisotopic (exact) mass is 450 g/mol. The fourth-order valence-corrected chi connectivity index (χ4v) is 6.70. The van der Waals surface area contributed by atoms with Crippen molar-refractivity contribution in [3.8, 4) is 10.8 Å². The normalized spacial score (nSPS) is 18.3. The second-order valence-corrected chi connectivity index (χ2v) is 11.2. The first kappa shape index (κ1) is 21.6. The molecule has 0 bridgehead atoms. The molecule has 0 radical (unpaired) electrons. The van der Waals surface area contributed by atoms with Crippen molar-refractivity contribution in [3.05, 3.63) is 40.3 Å². The molecule has 2 aliphatic rings. The fraction of sp³-hybridized carbons (Fsp3) is 0.545. The predicted octanol–water partition coefficient (Wildman–Crippen LogP) is 3.76. The van der Waals surface area contributed by atoms with Gasteiger partial charge < -0.3 is 14.7 Å². The van der Waals surface area contributed by atoms with E-state index in [9.17, 15) is 13.5 Å². The summed E-state index contributed by atoms with van der Waals surface area (Å²) >= 11 is 1.55. The van der Waals surface area contributed by atoms with Gasteiger partial charge in [0.15, 0.2) is 5.06 Å². The predicted molar refractivity (Wildman–Crippen MR) is 119 cm³/mol. The molecule has 0 aliphatic carbocycles. The Hall–Kier alpha value is -1.61. The zero-order valence-electron chi connectivity index (χ0n) is 17.5. The summed E-state index contributed by atoms with van der Waals surface area (Å²) in [5.74, 6) is 0.00476. The number of likely N-dealkylation sites (tertiary alicyclic amines) is 1. The molecule has 8 heteroatoms. The van der Waals surface area contributed by atoms with Gasteiger partial charge in [-0.1, -0.05) is 12.5 Å². The number of hydrogen-bond acceptors (Lipinski definition) is 6. The van der Waals surface area contributed by atoms with Crippen LogP contribution in [0.15, 0.2) is 29.2 Å². The second kappa shape index (κ2) is 9.26. The zero-order valence-corrected chi connectivity index (χ0v) is 19.1. The molecule has 0 unspecified atom stereocenters. The van der Waals surface area contributed by atoms with Gasteiger partial charge in [0.25, 0.3) is 0 Å². The molecule has 1 aromatic carbocycles. The van der Waals surface area contributed by atoms with Gasteiger partial charge in [-0.05, 0) is 69.0 Å². The van der Waals surface area contributed by atoms with E-state index in [1.54, 1.807) is 30.4 Å². The van der Waals surface area contributed by atoms with Crippen LogP contribution in [0, 0.1) is 6.92 Å². The molecule has 0 saturated carbocycles. The first-order valence-electron chi connectivity index (χ1n) is 10.7. The van der Waals surface area contributed by atoms with E-state index in [4.69, 9.17) is 4.74 Å². The highest BCUT2D eigenvalue weighted by atomic mass is 32.2. The van der Waals surface area contributed by atoms with E-state index in [0.29, 0.717) is 31.7 Å². The first-order valence-corrected chi connectivity index (χ1v) is 13.0. The number of ether oxygens (including phenoxy) is 1. The van der Waals surface area contributed by atoms with Crippen molar-refractivity contribution in [3.63, 3.8) is 0 Å². The average molecular weight is 451 g/mol. The molecule has 1 fully saturated rings. The van der Waals surface area contributed by atoms with Crippen LogP contribution in [-0.2, 0) is 23.0 Å². The summed E-state index contributed by atoms with van der Waals surface area (Å²) in [5, 5.41) is 10.8. The van der Waals surface area contributed by atoms with Crippen LogP contribution in [-0.4, -0.2) is 55.5 Å². The van der Waals surface area contributed by atoms with Crippen LogP contribution in [0.5, 0.6) is 10.8 Å². The fourth-order valence-electron chi connectivity index (χ4n) is 4.09. The van der Waals surface area contributed by atoms with Crippen molar-refractivity contribution in [1.82, 2.24) is 9.21 Å². The summed E-state index contributed by atoms with van der Waals surface area (Å²) < 4.78 is 33.5. The van der Waals surface area contributed by atoms with Crippen molar-refractivity contribution in [1.29, 1.82) is 0 Å². The molecule has 164 valence electrons. The van der Waals surface area contributed by atoms with Crippen LogP contribution in [0.2, 0.25) is 0 Å². The minimum atomic E-state index is -3.63. The molecule has 3 heterocycles. The summed E-state index contributed by atoms with van der Waals surface area (Å²) in [5.41, 5.74) is 1.85. The van der Waals surface area contributed by atoms with Crippen LogP contribution >= 0.6 is 11.3 Å². The maximum absolute atomic E-state index is 13.0. The number of fused-ring (bicyclic) bond motifs is 1. The van der Waals surface area contributed by atoms with Crippen LogP contribution in [0.1, 0.15) is 41.7 Å². The van der Waals surface area contributed by atoms with Crippen molar-refractivity contribution in [2.24, 2.45) is 0 Å². The number of benzene rings is 1. The van der Waals surface area contributed by atoms with Gasteiger partial charge in [-0.15, -0.1) is 11.3 Å². The molecular formula is C22H30N2O4S2. The molecule has 1 saturated heterocycles. The van der Waals surface area contributed by atoms with Crippen LogP contribution in [0.4, 0.5) is 0 Å². The maximum Gasteiger partial charge on any atom is 0.243 e. The van der Waals surface area contributed by atoms with E-state index < -0.39 is 10.0 Å². The number of nitrogens with zero attached hydrogens (tertiary/aromatic N) is 2. The quantitative estimate of drug-likeness (QED) is 0.651. The van der Waals surface area contributed by atoms with E-state index in [2.05, 4.69) is 11.0 Å². The third kappa shape index (κ3) is 4.82. The Bertz CT molecular complexity index is 981. The summed E-state index contributed by atoms with van der Waals surface area (Å²) in [7, 11) is -3.63. The minimum absolute atomic E-state index is 0.00476. The maximum atomic E-state index is 13.0. The summed E-state index contributed by atoms with van der Waals surface area (Å²) in [6.45, 7) is 6.73. The van der Waals surface area contributed by atoms with Crippen molar-refractivity contribution in [2.45, 2.75) is 50.5 Å². The van der Waals surface area contributed by atoms with E-state index in [0.717, 1.165) is 22.9 Å². The Kier molecular flexibility index (Phi) is 6.67. The van der Waals surface area contributed by atoms with Crippen LogP contribution in [0.25, 0.3) is 0 Å². The summed E-state index contributed by atoms with van der Waals surface area (Å²) in [4.78, 5) is 3.70. The lowest BCUT2D eigenvalue weighted by atomic mass is 10.1. The van der Waals surface area contributed by atoms with Gasteiger partial charge in [0, 0.05) is 30.6 Å². The SMILES string of the molecule is Cc1ccc(S(=O)(=O)N2CCc3cc(OCCCN4CCCCC4)sc3C2)cc1O. The van der Waals surface area contributed by atoms with Gasteiger partial charge in [0.2, 0.25) is 10.0 Å². The van der Waals surface area contributed by atoms with E-state index in [-0.39, 0.29) is 10.6 Å². The standard InChI is InChI=1S/C22H30N2O4S2/c1-17-6-7-19(15-20(17)25)30(26,27)24-12-8-18-14-22(29-21(18)16-24)28-13-5-11-23-9-3-2-4-10-23/h6-7,14-15,25H,2-5,8-13,16H2,1H3. The number of aryl methyl sites for hydroxylation is 1. The molecule has 0 atom stereocenters. The Morgan fingerprint density at radius 3 is 2.70 bits per heavy atom. The molecule has 2 aliphatic heterocycles. The molecule has 0 amide bonds. The largest absolute Gasteiger partial charge is 0.508 e. The minimum Gasteiger partial charge on any atom is -0.508 e. The van der Waals surface area contributed by atoms with Crippen molar-refractivity contribution < 1.29 is 18.3 Å². The Morgan fingerprint density at radius 2 is 1.93 bits per heavy atom. The van der Waals surface area contributed by atoms with Crippen LogP contribution in [0.3, 0.4) is 0 Å². The lowest BCUT2D eigenvalue weighted by Gasteiger charge is -2.26. The smallest absolute Gasteiger partial charge is 0.243 e. The third-order valence-electron chi connectivity index (χ3n) is 5.95.